The van der Waals surface area contributed by atoms with Gasteiger partial charge >= 0.3 is 0 Å². The van der Waals surface area contributed by atoms with E-state index in [0.29, 0.717) is 0 Å². The molecule has 0 bridgehead atoms. The van der Waals surface area contributed by atoms with Crippen molar-refractivity contribution in [2.45, 2.75) is 43.9 Å². The van der Waals surface area contributed by atoms with Crippen molar-refractivity contribution in [1.29, 1.82) is 5.26 Å². The fraction of sp³-hybridized carbons (Fsp3) is 0.533. The Bertz CT molecular complexity index is 583. The zero-order valence-corrected chi connectivity index (χ0v) is 13.4. The highest BCUT2D eigenvalue weighted by molar-refractivity contribution is 7.89. The lowest BCUT2D eigenvalue weighted by Gasteiger charge is -2.24. The maximum atomic E-state index is 12.3. The first-order valence-electron chi connectivity index (χ1n) is 6.69. The molecule has 0 unspecified atom stereocenters. The molecule has 0 aliphatic rings. The van der Waals surface area contributed by atoms with E-state index in [1.165, 1.54) is 11.4 Å². The first kappa shape index (κ1) is 16.7. The fourth-order valence-corrected chi connectivity index (χ4v) is 2.96. The van der Waals surface area contributed by atoms with E-state index in [0.717, 1.165) is 12.0 Å². The van der Waals surface area contributed by atoms with Gasteiger partial charge in [0.2, 0.25) is 10.0 Å². The second-order valence-electron chi connectivity index (χ2n) is 5.50. The van der Waals surface area contributed by atoms with Crippen LogP contribution in [0.1, 0.15) is 39.2 Å². The van der Waals surface area contributed by atoms with Gasteiger partial charge < -0.3 is 0 Å². The predicted molar refractivity (Wildman–Crippen MR) is 79.8 cm³/mol. The molecule has 0 N–H and O–H groups in total. The summed E-state index contributed by atoms with van der Waals surface area (Å²) in [6.45, 7) is 6.59. The number of nitrogens with zero attached hydrogens (tertiary/aromatic N) is 2. The van der Waals surface area contributed by atoms with Gasteiger partial charge in [-0.25, -0.2) is 8.42 Å². The first-order valence-corrected chi connectivity index (χ1v) is 8.13. The Morgan fingerprint density at radius 2 is 1.80 bits per heavy atom. The van der Waals surface area contributed by atoms with Crippen molar-refractivity contribution in [2.24, 2.45) is 0 Å². The van der Waals surface area contributed by atoms with E-state index in [1.807, 2.05) is 18.2 Å². The number of benzene rings is 1. The summed E-state index contributed by atoms with van der Waals surface area (Å²) in [5.74, 6) is 0. The minimum Gasteiger partial charge on any atom is -0.207 e. The lowest BCUT2D eigenvalue weighted by Crippen LogP contribution is -2.28. The molecule has 0 radical (unpaired) electrons. The lowest BCUT2D eigenvalue weighted by molar-refractivity contribution is 0.476. The zero-order valence-electron chi connectivity index (χ0n) is 12.5. The van der Waals surface area contributed by atoms with Gasteiger partial charge in [-0.3, -0.25) is 0 Å². The molecule has 20 heavy (non-hydrogen) atoms. The summed E-state index contributed by atoms with van der Waals surface area (Å²) in [5.41, 5.74) is 1.16. The normalized spacial score (nSPS) is 12.4. The third kappa shape index (κ3) is 3.59. The topological polar surface area (TPSA) is 61.2 Å². The molecule has 0 atom stereocenters. The summed E-state index contributed by atoms with van der Waals surface area (Å²) in [5, 5.41) is 8.53. The fourth-order valence-electron chi connectivity index (χ4n) is 1.79. The van der Waals surface area contributed by atoms with Gasteiger partial charge in [0.1, 0.15) is 0 Å². The molecule has 1 aromatic rings. The summed E-state index contributed by atoms with van der Waals surface area (Å²) in [6.07, 6.45) is 1.18. The van der Waals surface area contributed by atoms with E-state index in [-0.39, 0.29) is 23.3 Å². The molecule has 4 nitrogen and oxygen atoms in total. The number of hydrogen-bond acceptors (Lipinski definition) is 3. The summed E-state index contributed by atoms with van der Waals surface area (Å²) in [4.78, 5) is 0.272. The molecule has 5 heteroatoms. The molecule has 0 aromatic heterocycles. The molecule has 0 fully saturated rings. The molecular formula is C15H22N2O2S. The van der Waals surface area contributed by atoms with Crippen LogP contribution in [0.4, 0.5) is 0 Å². The third-order valence-electron chi connectivity index (χ3n) is 3.77. The van der Waals surface area contributed by atoms with Crippen molar-refractivity contribution in [1.82, 2.24) is 4.31 Å². The summed E-state index contributed by atoms with van der Waals surface area (Å²) in [7, 11) is -2.00. The minimum atomic E-state index is -3.50. The van der Waals surface area contributed by atoms with Crippen molar-refractivity contribution in [2.75, 3.05) is 13.6 Å². The first-order chi connectivity index (χ1) is 9.25. The second kappa shape index (κ2) is 6.38. The Balaban J connectivity index is 3.02. The average Bonchev–Trinajstić information content (AvgIpc) is 2.44. The second-order valence-corrected chi connectivity index (χ2v) is 7.54. The molecular weight excluding hydrogens is 272 g/mol. The minimum absolute atomic E-state index is 0.0367. The molecule has 110 valence electrons. The maximum Gasteiger partial charge on any atom is 0.242 e. The Hall–Kier alpha value is -1.38. The Labute approximate surface area is 122 Å². The summed E-state index contributed by atoms with van der Waals surface area (Å²) >= 11 is 0. The van der Waals surface area contributed by atoms with Gasteiger partial charge in [0.05, 0.1) is 11.0 Å². The van der Waals surface area contributed by atoms with Crippen LogP contribution in [0.2, 0.25) is 0 Å². The maximum absolute atomic E-state index is 12.3. The van der Waals surface area contributed by atoms with Crippen LogP contribution in [0, 0.1) is 11.3 Å². The smallest absolute Gasteiger partial charge is 0.207 e. The molecule has 0 saturated heterocycles. The van der Waals surface area contributed by atoms with Crippen LogP contribution < -0.4 is 0 Å². The van der Waals surface area contributed by atoms with E-state index >= 15 is 0 Å². The van der Waals surface area contributed by atoms with Crippen molar-refractivity contribution >= 4 is 10.0 Å². The monoisotopic (exact) mass is 294 g/mol. The number of sulfonamides is 1. The number of nitriles is 1. The Kier molecular flexibility index (Phi) is 5.32. The van der Waals surface area contributed by atoms with Gasteiger partial charge in [-0.1, -0.05) is 32.9 Å². The van der Waals surface area contributed by atoms with Crippen LogP contribution in [-0.2, 0) is 15.4 Å². The van der Waals surface area contributed by atoms with Crippen molar-refractivity contribution in [3.05, 3.63) is 29.8 Å². The van der Waals surface area contributed by atoms with E-state index < -0.39 is 10.0 Å². The molecule has 0 amide bonds. The molecule has 0 spiro atoms. The summed E-state index contributed by atoms with van der Waals surface area (Å²) in [6, 6.07) is 8.98. The van der Waals surface area contributed by atoms with E-state index in [1.54, 1.807) is 12.1 Å². The van der Waals surface area contributed by atoms with Crippen LogP contribution >= 0.6 is 0 Å². The van der Waals surface area contributed by atoms with Gasteiger partial charge in [0.15, 0.2) is 0 Å². The highest BCUT2D eigenvalue weighted by Crippen LogP contribution is 2.27. The van der Waals surface area contributed by atoms with Crippen molar-refractivity contribution in [3.8, 4) is 6.07 Å². The van der Waals surface area contributed by atoms with Crippen LogP contribution in [0.15, 0.2) is 29.2 Å². The molecule has 0 saturated carbocycles. The number of rotatable bonds is 6. The van der Waals surface area contributed by atoms with Crippen LogP contribution in [0.25, 0.3) is 0 Å². The average molecular weight is 294 g/mol. The van der Waals surface area contributed by atoms with Crippen LogP contribution in [0.5, 0.6) is 0 Å². The Morgan fingerprint density at radius 1 is 1.25 bits per heavy atom. The van der Waals surface area contributed by atoms with E-state index in [9.17, 15) is 8.42 Å². The summed E-state index contributed by atoms with van der Waals surface area (Å²) < 4.78 is 25.8. The van der Waals surface area contributed by atoms with Gasteiger partial charge in [-0.2, -0.15) is 9.57 Å². The highest BCUT2D eigenvalue weighted by Gasteiger charge is 2.22. The Morgan fingerprint density at radius 3 is 2.25 bits per heavy atom. The van der Waals surface area contributed by atoms with Gasteiger partial charge in [-0.05, 0) is 29.5 Å². The van der Waals surface area contributed by atoms with Crippen LogP contribution in [-0.4, -0.2) is 26.3 Å². The molecule has 0 aliphatic carbocycles. The zero-order chi connectivity index (χ0) is 15.4. The van der Waals surface area contributed by atoms with Gasteiger partial charge in [-0.15, -0.1) is 0 Å². The standard InChI is InChI=1S/C15H22N2O2S/c1-5-15(2,3)13-7-9-14(10-8-13)20(18,19)17(4)12-6-11-16/h7-10H,5-6,12H2,1-4H3. The van der Waals surface area contributed by atoms with E-state index in [2.05, 4.69) is 20.8 Å². The van der Waals surface area contributed by atoms with Gasteiger partial charge in [0, 0.05) is 20.0 Å². The number of hydrogen-bond donors (Lipinski definition) is 0. The SMILES string of the molecule is CCC(C)(C)c1ccc(S(=O)(=O)N(C)CCC#N)cc1. The largest absolute Gasteiger partial charge is 0.242 e. The van der Waals surface area contributed by atoms with E-state index in [4.69, 9.17) is 5.26 Å². The lowest BCUT2D eigenvalue weighted by atomic mass is 9.82. The van der Waals surface area contributed by atoms with Crippen LogP contribution in [0.3, 0.4) is 0 Å². The molecule has 0 aliphatic heterocycles. The predicted octanol–water partition coefficient (Wildman–Crippen LogP) is 2.91. The van der Waals surface area contributed by atoms with Crippen molar-refractivity contribution in [3.63, 3.8) is 0 Å². The molecule has 0 heterocycles. The third-order valence-corrected chi connectivity index (χ3v) is 5.64. The molecule has 1 rings (SSSR count). The highest BCUT2D eigenvalue weighted by atomic mass is 32.2. The van der Waals surface area contributed by atoms with Crippen molar-refractivity contribution < 1.29 is 8.42 Å². The molecule has 1 aromatic carbocycles. The van der Waals surface area contributed by atoms with Gasteiger partial charge in [0.25, 0.3) is 0 Å². The quantitative estimate of drug-likeness (QED) is 0.810.